The van der Waals surface area contributed by atoms with E-state index in [1.807, 2.05) is 0 Å². The first-order chi connectivity index (χ1) is 9.11. The summed E-state index contributed by atoms with van der Waals surface area (Å²) < 4.78 is 1.66. The number of carboxylic acids is 1. The fraction of sp³-hybridized carbons (Fsp3) is 0.250. The van der Waals surface area contributed by atoms with Crippen LogP contribution < -0.4 is 5.32 Å². The lowest BCUT2D eigenvalue weighted by Crippen LogP contribution is -2.41. The van der Waals surface area contributed by atoms with Gasteiger partial charge in [-0.15, -0.1) is 0 Å². The molecule has 1 atom stereocenters. The maximum absolute atomic E-state index is 11.9. The topological polar surface area (TPSA) is 104 Å². The molecule has 2 rings (SSSR count). The van der Waals surface area contributed by atoms with Gasteiger partial charge in [-0.05, 0) is 12.1 Å². The van der Waals surface area contributed by atoms with Gasteiger partial charge in [-0.2, -0.15) is 0 Å². The lowest BCUT2D eigenvalue weighted by molar-refractivity contribution is -0.139. The molecule has 0 aliphatic rings. The van der Waals surface area contributed by atoms with Gasteiger partial charge in [0, 0.05) is 25.4 Å². The zero-order chi connectivity index (χ0) is 13.8. The van der Waals surface area contributed by atoms with Gasteiger partial charge < -0.3 is 19.9 Å². The zero-order valence-electron chi connectivity index (χ0n) is 9.98. The molecular weight excluding hydrogens is 250 g/mol. The molecule has 0 bridgehead atoms. The van der Waals surface area contributed by atoms with Crippen molar-refractivity contribution in [1.82, 2.24) is 14.7 Å². The Bertz CT molecular complexity index is 575. The summed E-state index contributed by atoms with van der Waals surface area (Å²) in [6, 6.07) is 4.19. The lowest BCUT2D eigenvalue weighted by Gasteiger charge is -2.11. The van der Waals surface area contributed by atoms with Crippen LogP contribution in [-0.4, -0.2) is 44.1 Å². The van der Waals surface area contributed by atoms with E-state index in [1.165, 1.54) is 6.20 Å². The second-order valence-electron chi connectivity index (χ2n) is 3.97. The fourth-order valence-corrected chi connectivity index (χ4v) is 1.66. The molecule has 0 radical (unpaired) electrons. The number of hydrogen-bond donors (Lipinski definition) is 3. The average Bonchev–Trinajstić information content (AvgIpc) is 2.81. The number of hydrogen-bond acceptors (Lipinski definition) is 4. The van der Waals surface area contributed by atoms with Gasteiger partial charge in [0.05, 0.1) is 0 Å². The summed E-state index contributed by atoms with van der Waals surface area (Å²) in [6.45, 7) is -0.317. The van der Waals surface area contributed by atoms with Crippen LogP contribution >= 0.6 is 0 Å². The van der Waals surface area contributed by atoms with Crippen LogP contribution in [0.3, 0.4) is 0 Å². The molecule has 0 saturated heterocycles. The number of carbonyl (C=O) groups is 2. The second kappa shape index (κ2) is 5.49. The summed E-state index contributed by atoms with van der Waals surface area (Å²) in [5.41, 5.74) is 0.733. The minimum Gasteiger partial charge on any atom is -0.480 e. The van der Waals surface area contributed by atoms with Crippen molar-refractivity contribution in [3.05, 3.63) is 36.3 Å². The monoisotopic (exact) mass is 263 g/mol. The summed E-state index contributed by atoms with van der Waals surface area (Å²) in [6.07, 6.45) is 3.21. The van der Waals surface area contributed by atoms with Gasteiger partial charge in [0.15, 0.2) is 0 Å². The molecule has 7 nitrogen and oxygen atoms in total. The molecule has 19 heavy (non-hydrogen) atoms. The highest BCUT2D eigenvalue weighted by Gasteiger charge is 2.21. The van der Waals surface area contributed by atoms with Gasteiger partial charge in [0.1, 0.15) is 17.4 Å². The van der Waals surface area contributed by atoms with Gasteiger partial charge in [0.25, 0.3) is 5.91 Å². The maximum Gasteiger partial charge on any atom is 0.326 e. The number of aliphatic hydroxyl groups is 1. The Hall–Kier alpha value is -2.41. The SMILES string of the molecule is O=C(N[C@@H](CCO)C(=O)O)c1cn2ccccc2n1. The van der Waals surface area contributed by atoms with Crippen molar-refractivity contribution >= 4 is 17.5 Å². The summed E-state index contributed by atoms with van der Waals surface area (Å²) in [5, 5.41) is 20.0. The first-order valence-corrected chi connectivity index (χ1v) is 5.70. The number of pyridine rings is 1. The summed E-state index contributed by atoms with van der Waals surface area (Å²) >= 11 is 0. The predicted octanol–water partition coefficient (Wildman–Crippen LogP) is -0.100. The van der Waals surface area contributed by atoms with Crippen LogP contribution in [0.1, 0.15) is 16.9 Å². The molecule has 0 spiro atoms. The van der Waals surface area contributed by atoms with Crippen molar-refractivity contribution in [1.29, 1.82) is 0 Å². The molecule has 1 amide bonds. The molecule has 0 aliphatic heterocycles. The highest BCUT2D eigenvalue weighted by atomic mass is 16.4. The summed E-state index contributed by atoms with van der Waals surface area (Å²) in [4.78, 5) is 26.8. The molecule has 0 aromatic carbocycles. The Balaban J connectivity index is 2.16. The largest absolute Gasteiger partial charge is 0.480 e. The minimum absolute atomic E-state index is 0.0472. The Morgan fingerprint density at radius 2 is 2.21 bits per heavy atom. The highest BCUT2D eigenvalue weighted by Crippen LogP contribution is 2.05. The van der Waals surface area contributed by atoms with Crippen molar-refractivity contribution in [3.8, 4) is 0 Å². The number of rotatable bonds is 5. The van der Waals surface area contributed by atoms with Crippen LogP contribution in [0.25, 0.3) is 5.65 Å². The van der Waals surface area contributed by atoms with E-state index in [-0.39, 0.29) is 18.7 Å². The van der Waals surface area contributed by atoms with Gasteiger partial charge in [0.2, 0.25) is 0 Å². The van der Waals surface area contributed by atoms with E-state index in [0.717, 1.165) is 0 Å². The van der Waals surface area contributed by atoms with Crippen LogP contribution in [0.5, 0.6) is 0 Å². The van der Waals surface area contributed by atoms with E-state index >= 15 is 0 Å². The molecule has 2 aromatic heterocycles. The van der Waals surface area contributed by atoms with Crippen molar-refractivity contribution < 1.29 is 19.8 Å². The van der Waals surface area contributed by atoms with Crippen LogP contribution in [0.15, 0.2) is 30.6 Å². The maximum atomic E-state index is 11.9. The molecule has 7 heteroatoms. The van der Waals surface area contributed by atoms with Gasteiger partial charge in [-0.3, -0.25) is 4.79 Å². The number of aliphatic hydroxyl groups excluding tert-OH is 1. The Kier molecular flexibility index (Phi) is 3.76. The Morgan fingerprint density at radius 1 is 1.42 bits per heavy atom. The predicted molar refractivity (Wildman–Crippen MR) is 65.8 cm³/mol. The smallest absolute Gasteiger partial charge is 0.326 e. The fourth-order valence-electron chi connectivity index (χ4n) is 1.66. The van der Waals surface area contributed by atoms with Crippen molar-refractivity contribution in [2.75, 3.05) is 6.61 Å². The highest BCUT2D eigenvalue weighted by molar-refractivity contribution is 5.95. The number of carbonyl (C=O) groups excluding carboxylic acids is 1. The van der Waals surface area contributed by atoms with Gasteiger partial charge in [-0.1, -0.05) is 6.07 Å². The van der Waals surface area contributed by atoms with Crippen LogP contribution in [-0.2, 0) is 4.79 Å². The second-order valence-corrected chi connectivity index (χ2v) is 3.97. The molecule has 2 aromatic rings. The summed E-state index contributed by atoms with van der Waals surface area (Å²) in [5.74, 6) is -1.77. The number of aromatic nitrogens is 2. The van der Waals surface area contributed by atoms with E-state index in [0.29, 0.717) is 5.65 Å². The van der Waals surface area contributed by atoms with Gasteiger partial charge in [-0.25, -0.2) is 9.78 Å². The van der Waals surface area contributed by atoms with Crippen molar-refractivity contribution in [2.24, 2.45) is 0 Å². The lowest BCUT2D eigenvalue weighted by atomic mass is 10.2. The molecular formula is C12H13N3O4. The third-order valence-corrected chi connectivity index (χ3v) is 2.62. The Morgan fingerprint density at radius 3 is 2.84 bits per heavy atom. The number of nitrogens with one attached hydrogen (secondary N) is 1. The van der Waals surface area contributed by atoms with Gasteiger partial charge >= 0.3 is 5.97 Å². The molecule has 100 valence electrons. The minimum atomic E-state index is -1.19. The van der Waals surface area contributed by atoms with Crippen molar-refractivity contribution in [3.63, 3.8) is 0 Å². The Labute approximate surface area is 108 Å². The standard InChI is InChI=1S/C12H13N3O4/c16-6-4-8(12(18)19)14-11(17)9-7-15-5-2-1-3-10(15)13-9/h1-3,5,7-8,16H,4,6H2,(H,14,17)(H,18,19)/t8-/m0/s1. The number of fused-ring (bicyclic) bond motifs is 1. The summed E-state index contributed by atoms with van der Waals surface area (Å²) in [7, 11) is 0. The number of imidazole rings is 1. The quantitative estimate of drug-likeness (QED) is 0.698. The molecule has 2 heterocycles. The molecule has 0 aliphatic carbocycles. The number of nitrogens with zero attached hydrogens (tertiary/aromatic N) is 2. The van der Waals surface area contributed by atoms with E-state index < -0.39 is 17.9 Å². The van der Waals surface area contributed by atoms with E-state index in [9.17, 15) is 9.59 Å². The van der Waals surface area contributed by atoms with E-state index in [2.05, 4.69) is 10.3 Å². The van der Waals surface area contributed by atoms with Crippen LogP contribution in [0.4, 0.5) is 0 Å². The van der Waals surface area contributed by atoms with Crippen molar-refractivity contribution in [2.45, 2.75) is 12.5 Å². The number of amides is 1. The molecule has 0 saturated carbocycles. The third kappa shape index (κ3) is 2.89. The number of aliphatic carboxylic acids is 1. The van der Waals surface area contributed by atoms with E-state index in [1.54, 1.807) is 28.8 Å². The first-order valence-electron chi connectivity index (χ1n) is 5.70. The number of carboxylic acid groups (broad SMARTS) is 1. The zero-order valence-corrected chi connectivity index (χ0v) is 9.98. The van der Waals surface area contributed by atoms with Crippen LogP contribution in [0.2, 0.25) is 0 Å². The molecule has 0 fully saturated rings. The third-order valence-electron chi connectivity index (χ3n) is 2.62. The van der Waals surface area contributed by atoms with Crippen LogP contribution in [0, 0.1) is 0 Å². The van der Waals surface area contributed by atoms with E-state index in [4.69, 9.17) is 10.2 Å². The first kappa shape index (κ1) is 13.0. The average molecular weight is 263 g/mol. The normalized spacial score (nSPS) is 12.3. The molecule has 3 N–H and O–H groups in total. The molecule has 0 unspecified atom stereocenters.